The van der Waals surface area contributed by atoms with Crippen LogP contribution in [0.15, 0.2) is 0 Å². The first-order valence-electron chi connectivity index (χ1n) is 8.62. The smallest absolute Gasteiger partial charge is 0.0604 e. The van der Waals surface area contributed by atoms with E-state index in [1.165, 1.54) is 57.8 Å². The van der Waals surface area contributed by atoms with Crippen LogP contribution in [0.4, 0.5) is 0 Å². The first-order valence-corrected chi connectivity index (χ1v) is 8.62. The maximum atomic E-state index is 5.90. The fourth-order valence-corrected chi connectivity index (χ4v) is 3.44. The highest BCUT2D eigenvalue weighted by atomic mass is 16.5. The molecule has 0 aromatic carbocycles. The lowest BCUT2D eigenvalue weighted by atomic mass is 9.82. The van der Waals surface area contributed by atoms with Crippen LogP contribution in [0.2, 0.25) is 0 Å². The Labute approximate surface area is 129 Å². The fourth-order valence-electron chi connectivity index (χ4n) is 3.44. The fraction of sp³-hybridized carbons (Fsp3) is 0.895. The number of hydrogen-bond donors (Lipinski definition) is 0. The maximum absolute atomic E-state index is 5.90. The predicted octanol–water partition coefficient (Wildman–Crippen LogP) is 6.07. The molecule has 20 heavy (non-hydrogen) atoms. The highest BCUT2D eigenvalue weighted by molar-refractivity contribution is 4.79. The summed E-state index contributed by atoms with van der Waals surface area (Å²) in [5.41, 5.74) is 0.568. The summed E-state index contributed by atoms with van der Waals surface area (Å²) < 4.78 is 5.90. The van der Waals surface area contributed by atoms with Gasteiger partial charge in [-0.2, -0.15) is 0 Å². The zero-order valence-corrected chi connectivity index (χ0v) is 14.3. The van der Waals surface area contributed by atoms with Gasteiger partial charge in [0.05, 0.1) is 6.10 Å². The Morgan fingerprint density at radius 2 is 1.55 bits per heavy atom. The normalized spacial score (nSPS) is 29.5. The monoisotopic (exact) mass is 282 g/mol. The minimum Gasteiger partial charge on any atom is -0.378 e. The molecule has 0 aromatic rings. The molecule has 0 bridgehead atoms. The molecule has 2 fully saturated rings. The Morgan fingerprint density at radius 3 is 2.25 bits per heavy atom. The number of rotatable bonds is 0. The third-order valence-corrected chi connectivity index (χ3v) is 4.62. The van der Waals surface area contributed by atoms with E-state index < -0.39 is 0 Å². The zero-order valence-electron chi connectivity index (χ0n) is 14.3. The predicted molar refractivity (Wildman–Crippen MR) is 91.9 cm³/mol. The summed E-state index contributed by atoms with van der Waals surface area (Å²) >= 11 is 0. The number of fused-ring (bicyclic) bond motifs is 1. The van der Waals surface area contributed by atoms with E-state index in [1.807, 2.05) is 13.8 Å². The minimum absolute atomic E-state index is 0. The van der Waals surface area contributed by atoms with Gasteiger partial charge in [0.1, 0.15) is 0 Å². The molecule has 1 saturated heterocycles. The first kappa shape index (κ1) is 19.5. The van der Waals surface area contributed by atoms with Gasteiger partial charge in [-0.15, -0.1) is 12.8 Å². The van der Waals surface area contributed by atoms with Gasteiger partial charge in [0.15, 0.2) is 0 Å². The molecule has 2 aliphatic rings. The summed E-state index contributed by atoms with van der Waals surface area (Å²) in [4.78, 5) is 0. The van der Waals surface area contributed by atoms with Crippen molar-refractivity contribution in [3.63, 3.8) is 0 Å². The quantitative estimate of drug-likeness (QED) is 0.490. The summed E-state index contributed by atoms with van der Waals surface area (Å²) in [6.07, 6.45) is 21.1. The third kappa shape index (κ3) is 7.34. The Bertz CT molecular complexity index is 247. The molecule has 1 aliphatic carbocycles. The molecule has 1 heteroatoms. The van der Waals surface area contributed by atoms with Crippen molar-refractivity contribution in [2.75, 3.05) is 6.61 Å². The molecule has 0 aromatic heterocycles. The van der Waals surface area contributed by atoms with Crippen molar-refractivity contribution in [2.24, 2.45) is 11.3 Å². The van der Waals surface area contributed by atoms with Crippen LogP contribution in [-0.2, 0) is 4.74 Å². The lowest BCUT2D eigenvalue weighted by Crippen LogP contribution is -2.17. The van der Waals surface area contributed by atoms with E-state index in [-0.39, 0.29) is 1.43 Å². The van der Waals surface area contributed by atoms with E-state index in [9.17, 15) is 0 Å². The molecule has 0 spiro atoms. The molecule has 2 rings (SSSR count). The van der Waals surface area contributed by atoms with Crippen molar-refractivity contribution in [3.05, 3.63) is 0 Å². The third-order valence-electron chi connectivity index (χ3n) is 4.62. The summed E-state index contributed by atoms with van der Waals surface area (Å²) in [7, 11) is 0. The van der Waals surface area contributed by atoms with Crippen LogP contribution in [0.1, 0.15) is 86.9 Å². The van der Waals surface area contributed by atoms with Crippen LogP contribution < -0.4 is 0 Å². The van der Waals surface area contributed by atoms with Gasteiger partial charge in [0.2, 0.25) is 0 Å². The zero-order chi connectivity index (χ0) is 15.4. The Morgan fingerprint density at radius 1 is 0.900 bits per heavy atom. The van der Waals surface area contributed by atoms with Crippen LogP contribution in [0.3, 0.4) is 0 Å². The number of terminal acetylenes is 1. The van der Waals surface area contributed by atoms with E-state index >= 15 is 0 Å². The van der Waals surface area contributed by atoms with Crippen LogP contribution in [-0.4, -0.2) is 12.7 Å². The van der Waals surface area contributed by atoms with Gasteiger partial charge >= 0.3 is 0 Å². The Balaban J connectivity index is 0. The summed E-state index contributed by atoms with van der Waals surface area (Å²) in [5, 5.41) is 0. The van der Waals surface area contributed by atoms with Gasteiger partial charge in [-0.05, 0) is 43.4 Å². The second kappa shape index (κ2) is 11.2. The summed E-state index contributed by atoms with van der Waals surface area (Å²) in [6, 6.07) is 0. The van der Waals surface area contributed by atoms with Crippen LogP contribution in [0.25, 0.3) is 0 Å². The van der Waals surface area contributed by atoms with Gasteiger partial charge in [0.25, 0.3) is 0 Å². The van der Waals surface area contributed by atoms with E-state index in [0.29, 0.717) is 11.5 Å². The van der Waals surface area contributed by atoms with Crippen LogP contribution in [0, 0.1) is 24.2 Å². The van der Waals surface area contributed by atoms with Gasteiger partial charge in [-0.1, -0.05) is 53.4 Å². The second-order valence-electron chi connectivity index (χ2n) is 6.61. The van der Waals surface area contributed by atoms with E-state index in [4.69, 9.17) is 4.74 Å². The van der Waals surface area contributed by atoms with E-state index in [2.05, 4.69) is 26.7 Å². The molecule has 0 radical (unpaired) electrons. The largest absolute Gasteiger partial charge is 0.378 e. The highest BCUT2D eigenvalue weighted by Crippen LogP contribution is 2.35. The SMILES string of the molecule is C#C.CC.CC1(C)CCCCCC2CCOC2CCC1.[HH]. The maximum Gasteiger partial charge on any atom is 0.0604 e. The molecule has 1 heterocycles. The summed E-state index contributed by atoms with van der Waals surface area (Å²) in [5.74, 6) is 0.890. The van der Waals surface area contributed by atoms with E-state index in [0.717, 1.165) is 12.5 Å². The molecule has 2 atom stereocenters. The van der Waals surface area contributed by atoms with Crippen molar-refractivity contribution >= 4 is 0 Å². The minimum atomic E-state index is 0. The van der Waals surface area contributed by atoms with Crippen LogP contribution in [0.5, 0.6) is 0 Å². The Kier molecular flexibility index (Phi) is 10.9. The van der Waals surface area contributed by atoms with Gasteiger partial charge in [-0.25, -0.2) is 0 Å². The van der Waals surface area contributed by atoms with Crippen molar-refractivity contribution in [1.82, 2.24) is 0 Å². The van der Waals surface area contributed by atoms with E-state index in [1.54, 1.807) is 0 Å². The van der Waals surface area contributed by atoms with Gasteiger partial charge < -0.3 is 4.74 Å². The van der Waals surface area contributed by atoms with Gasteiger partial charge in [-0.3, -0.25) is 0 Å². The molecule has 120 valence electrons. The van der Waals surface area contributed by atoms with Crippen molar-refractivity contribution in [2.45, 2.75) is 91.6 Å². The van der Waals surface area contributed by atoms with Crippen LogP contribution >= 0.6 is 0 Å². The van der Waals surface area contributed by atoms with Crippen molar-refractivity contribution in [3.8, 4) is 12.8 Å². The average Bonchev–Trinajstić information content (AvgIpc) is 2.89. The molecule has 2 unspecified atom stereocenters. The molecular formula is C19H38O. The number of ether oxygens (including phenoxy) is 1. The molecule has 1 aliphatic heterocycles. The van der Waals surface area contributed by atoms with Crippen molar-refractivity contribution < 1.29 is 6.16 Å². The Hall–Kier alpha value is -0.480. The lowest BCUT2D eigenvalue weighted by molar-refractivity contribution is 0.0767. The van der Waals surface area contributed by atoms with Gasteiger partial charge in [0, 0.05) is 8.03 Å². The number of hydrogen-bond acceptors (Lipinski definition) is 1. The molecule has 1 saturated carbocycles. The lowest BCUT2D eigenvalue weighted by Gasteiger charge is -2.25. The molecule has 1 nitrogen and oxygen atoms in total. The average molecular weight is 283 g/mol. The highest BCUT2D eigenvalue weighted by Gasteiger charge is 2.28. The second-order valence-corrected chi connectivity index (χ2v) is 6.61. The van der Waals surface area contributed by atoms with Crippen molar-refractivity contribution in [1.29, 1.82) is 0 Å². The topological polar surface area (TPSA) is 9.23 Å². The standard InChI is InChI=1S/C15H28O.C2H6.C2H2.H2/c1-15(2)10-5-3-4-7-13-9-12-16-14(13)8-6-11-15;2*1-2;/h13-14H,3-12H2,1-2H3;1-2H3;1-2H;1H. The summed E-state index contributed by atoms with van der Waals surface area (Å²) in [6.45, 7) is 9.91. The molecule has 0 amide bonds. The molecular weight excluding hydrogens is 244 g/mol. The molecule has 0 N–H and O–H groups in total. The first-order chi connectivity index (χ1) is 9.67.